The van der Waals surface area contributed by atoms with Crippen LogP contribution in [0.15, 0.2) is 46.9 Å². The number of hydrogen-bond donors (Lipinski definition) is 4. The van der Waals surface area contributed by atoms with Crippen LogP contribution in [-0.2, 0) is 10.0 Å². The number of sulfonamides is 1. The highest BCUT2D eigenvalue weighted by Gasteiger charge is 2.17. The van der Waals surface area contributed by atoms with E-state index in [0.29, 0.717) is 17.1 Å². The number of halogens is 1. The predicted molar refractivity (Wildman–Crippen MR) is 104 cm³/mol. The molecule has 0 fully saturated rings. The maximum absolute atomic E-state index is 13.3. The van der Waals surface area contributed by atoms with Gasteiger partial charge in [0.05, 0.1) is 33.8 Å². The van der Waals surface area contributed by atoms with Gasteiger partial charge in [0.15, 0.2) is 5.13 Å². The number of hydrogen-bond acceptors (Lipinski definition) is 9. The second-order valence-electron chi connectivity index (χ2n) is 5.45. The highest BCUT2D eigenvalue weighted by Crippen LogP contribution is 2.31. The van der Waals surface area contributed by atoms with Gasteiger partial charge in [0, 0.05) is 24.7 Å². The van der Waals surface area contributed by atoms with Gasteiger partial charge in [-0.1, -0.05) is 0 Å². The summed E-state index contributed by atoms with van der Waals surface area (Å²) in [4.78, 5) is 7.45. The first kappa shape index (κ1) is 18.8. The van der Waals surface area contributed by atoms with E-state index in [1.54, 1.807) is 12.4 Å². The fraction of sp³-hybridized carbons (Fsp3) is 0.0667. The highest BCUT2D eigenvalue weighted by molar-refractivity contribution is 7.93. The normalized spacial score (nSPS) is 11.2. The van der Waals surface area contributed by atoms with Crippen molar-refractivity contribution in [1.29, 1.82) is 0 Å². The Hall–Kier alpha value is -2.96. The van der Waals surface area contributed by atoms with E-state index in [0.717, 1.165) is 17.4 Å². The van der Waals surface area contributed by atoms with Crippen LogP contribution in [0.1, 0.15) is 0 Å². The molecule has 0 saturated heterocycles. The lowest BCUT2D eigenvalue weighted by Gasteiger charge is -2.18. The minimum Gasteiger partial charge on any atom is -0.397 e. The Balaban J connectivity index is 1.88. The molecule has 0 atom stereocenters. The number of nitrogens with two attached hydrogens (primary N) is 2. The van der Waals surface area contributed by atoms with E-state index in [1.165, 1.54) is 35.6 Å². The summed E-state index contributed by atoms with van der Waals surface area (Å²) < 4.78 is 40.5. The second-order valence-corrected chi connectivity index (χ2v) is 8.03. The molecule has 0 aliphatic rings. The molecule has 142 valence electrons. The number of thiazole rings is 1. The molecule has 0 unspecified atom stereocenters. The van der Waals surface area contributed by atoms with E-state index >= 15 is 0 Å². The zero-order valence-electron chi connectivity index (χ0n) is 14.0. The number of nitrogens with one attached hydrogen (secondary N) is 2. The van der Waals surface area contributed by atoms with Gasteiger partial charge in [-0.05, 0) is 18.2 Å². The predicted octanol–water partition coefficient (Wildman–Crippen LogP) is 2.11. The van der Waals surface area contributed by atoms with Crippen LogP contribution in [0.3, 0.4) is 0 Å². The van der Waals surface area contributed by atoms with E-state index in [1.807, 2.05) is 0 Å². The van der Waals surface area contributed by atoms with E-state index < -0.39 is 16.0 Å². The molecule has 12 heteroatoms. The van der Waals surface area contributed by atoms with Gasteiger partial charge in [0.2, 0.25) is 5.95 Å². The van der Waals surface area contributed by atoms with Crippen molar-refractivity contribution in [2.75, 3.05) is 27.8 Å². The molecular weight excluding hydrogens is 393 g/mol. The topological polar surface area (TPSA) is 139 Å². The number of anilines is 5. The number of rotatable bonds is 6. The van der Waals surface area contributed by atoms with E-state index in [2.05, 4.69) is 20.0 Å². The third-order valence-corrected chi connectivity index (χ3v) is 5.64. The van der Waals surface area contributed by atoms with Crippen molar-refractivity contribution in [3.8, 4) is 0 Å². The molecule has 0 amide bonds. The Bertz CT molecular complexity index is 1060. The minimum absolute atomic E-state index is 0.0193. The van der Waals surface area contributed by atoms with Crippen LogP contribution in [0, 0.1) is 5.95 Å². The Labute approximate surface area is 158 Å². The van der Waals surface area contributed by atoms with Crippen LogP contribution in [0.5, 0.6) is 0 Å². The van der Waals surface area contributed by atoms with Crippen LogP contribution in [0.25, 0.3) is 0 Å². The van der Waals surface area contributed by atoms with Crippen LogP contribution < -0.4 is 26.6 Å². The summed E-state index contributed by atoms with van der Waals surface area (Å²) in [5, 5.41) is 6.10. The average Bonchev–Trinajstić information content (AvgIpc) is 3.10. The molecule has 27 heavy (non-hydrogen) atoms. The fourth-order valence-electron chi connectivity index (χ4n) is 2.22. The fourth-order valence-corrected chi connectivity index (χ4v) is 4.05. The highest BCUT2D eigenvalue weighted by atomic mass is 32.2. The summed E-state index contributed by atoms with van der Waals surface area (Å²) in [6.45, 7) is 0. The maximum atomic E-state index is 13.3. The summed E-state index contributed by atoms with van der Waals surface area (Å²) in [5.74, 6) is 5.01. The van der Waals surface area contributed by atoms with Crippen LogP contribution in [0.4, 0.5) is 32.3 Å². The molecule has 2 heterocycles. The Morgan fingerprint density at radius 1 is 1.22 bits per heavy atom. The Morgan fingerprint density at radius 2 is 2.00 bits per heavy atom. The smallest absolute Gasteiger partial charge is 0.263 e. The van der Waals surface area contributed by atoms with Crippen molar-refractivity contribution in [2.45, 2.75) is 4.90 Å². The third-order valence-electron chi connectivity index (χ3n) is 3.49. The first-order valence-corrected chi connectivity index (χ1v) is 9.85. The Kier molecular flexibility index (Phi) is 5.12. The minimum atomic E-state index is -3.82. The summed E-state index contributed by atoms with van der Waals surface area (Å²) >= 11 is 1.16. The van der Waals surface area contributed by atoms with Crippen LogP contribution >= 0.6 is 11.3 Å². The molecule has 0 saturated carbocycles. The van der Waals surface area contributed by atoms with Gasteiger partial charge in [-0.15, -0.1) is 11.3 Å². The van der Waals surface area contributed by atoms with Crippen molar-refractivity contribution in [2.24, 2.45) is 5.84 Å². The molecule has 3 rings (SSSR count). The molecule has 6 N–H and O–H groups in total. The molecule has 0 radical (unpaired) electrons. The van der Waals surface area contributed by atoms with Crippen molar-refractivity contribution >= 4 is 49.2 Å². The molecule has 9 nitrogen and oxygen atoms in total. The van der Waals surface area contributed by atoms with E-state index in [-0.39, 0.29) is 15.7 Å². The molecule has 1 aromatic carbocycles. The zero-order valence-corrected chi connectivity index (χ0v) is 15.7. The quantitative estimate of drug-likeness (QED) is 0.210. The molecular formula is C15H16FN7O2S2. The van der Waals surface area contributed by atoms with E-state index in [4.69, 9.17) is 11.6 Å². The number of hydrazine groups is 1. The number of pyridine rings is 1. The van der Waals surface area contributed by atoms with Gasteiger partial charge in [-0.3, -0.25) is 4.72 Å². The maximum Gasteiger partial charge on any atom is 0.263 e. The molecule has 0 bridgehead atoms. The first-order chi connectivity index (χ1) is 12.8. The molecule has 0 spiro atoms. The van der Waals surface area contributed by atoms with Crippen LogP contribution in [0.2, 0.25) is 0 Å². The monoisotopic (exact) mass is 409 g/mol. The lowest BCUT2D eigenvalue weighted by Crippen LogP contribution is -2.26. The van der Waals surface area contributed by atoms with Gasteiger partial charge >= 0.3 is 0 Å². The molecule has 0 aliphatic heterocycles. The van der Waals surface area contributed by atoms with Gasteiger partial charge in [0.1, 0.15) is 0 Å². The summed E-state index contributed by atoms with van der Waals surface area (Å²) in [6, 6.07) is 5.35. The summed E-state index contributed by atoms with van der Waals surface area (Å²) in [7, 11) is -2.28. The number of aromatic nitrogens is 2. The summed E-state index contributed by atoms with van der Waals surface area (Å²) in [5.41, 5.74) is 7.34. The number of benzene rings is 1. The third kappa shape index (κ3) is 4.24. The van der Waals surface area contributed by atoms with Crippen LogP contribution in [-0.4, -0.2) is 25.4 Å². The van der Waals surface area contributed by atoms with Gasteiger partial charge in [-0.2, -0.15) is 4.39 Å². The van der Waals surface area contributed by atoms with Gasteiger partial charge < -0.3 is 16.1 Å². The van der Waals surface area contributed by atoms with Crippen molar-refractivity contribution < 1.29 is 12.8 Å². The van der Waals surface area contributed by atoms with Gasteiger partial charge in [0.25, 0.3) is 10.0 Å². The molecule has 3 aromatic rings. The average molecular weight is 409 g/mol. The summed E-state index contributed by atoms with van der Waals surface area (Å²) in [6.07, 6.45) is 2.76. The molecule has 2 aromatic heterocycles. The SMILES string of the molecule is CN(N)c1cc(F)ncc1Nc1ccc(S(=O)(=O)Nc2nccs2)cc1N. The molecule has 0 aliphatic carbocycles. The number of nitrogen functional groups attached to an aromatic ring is 1. The lowest BCUT2D eigenvalue weighted by atomic mass is 10.2. The number of nitrogens with zero attached hydrogens (tertiary/aromatic N) is 3. The van der Waals surface area contributed by atoms with Crippen molar-refractivity contribution in [1.82, 2.24) is 9.97 Å². The standard InChI is InChI=1S/C15H16FN7O2S2/c1-23(18)13-7-14(16)20-8-12(13)21-11-3-2-9(6-10(11)17)27(24,25)22-15-19-4-5-26-15/h2-8,21H,17-18H2,1H3,(H,19,22). The lowest BCUT2D eigenvalue weighted by molar-refractivity contribution is 0.584. The van der Waals surface area contributed by atoms with Crippen molar-refractivity contribution in [3.63, 3.8) is 0 Å². The van der Waals surface area contributed by atoms with Crippen molar-refractivity contribution in [3.05, 3.63) is 48.0 Å². The Morgan fingerprint density at radius 3 is 2.63 bits per heavy atom. The largest absolute Gasteiger partial charge is 0.397 e. The first-order valence-electron chi connectivity index (χ1n) is 7.49. The van der Waals surface area contributed by atoms with Gasteiger partial charge in [-0.25, -0.2) is 24.2 Å². The zero-order chi connectivity index (χ0) is 19.6. The second kappa shape index (κ2) is 7.34. The van der Waals surface area contributed by atoms with E-state index in [9.17, 15) is 12.8 Å².